The number of pyridine rings is 1. The first kappa shape index (κ1) is 17.7. The molecule has 3 heterocycles. The summed E-state index contributed by atoms with van der Waals surface area (Å²) in [5.74, 6) is -0.664. The van der Waals surface area contributed by atoms with Crippen LogP contribution < -0.4 is 5.69 Å². The molecule has 0 bridgehead atoms. The molecular formula is C13H11F4N7O2. The Hall–Kier alpha value is -3.09. The van der Waals surface area contributed by atoms with Gasteiger partial charge >= 0.3 is 11.9 Å². The second-order valence-corrected chi connectivity index (χ2v) is 5.20. The van der Waals surface area contributed by atoms with Gasteiger partial charge in [0.2, 0.25) is 0 Å². The molecule has 0 fully saturated rings. The number of nitrogens with zero attached hydrogens (tertiary/aromatic N) is 7. The van der Waals surface area contributed by atoms with E-state index in [1.54, 1.807) is 0 Å². The highest BCUT2D eigenvalue weighted by Gasteiger charge is 2.38. The lowest BCUT2D eigenvalue weighted by atomic mass is 10.3. The third-order valence-corrected chi connectivity index (χ3v) is 3.33. The molecule has 0 amide bonds. The van der Waals surface area contributed by atoms with Crippen LogP contribution in [0.15, 0.2) is 35.8 Å². The predicted molar refractivity (Wildman–Crippen MR) is 76.8 cm³/mol. The number of aliphatic hydroxyl groups is 1. The number of alkyl halides is 3. The van der Waals surface area contributed by atoms with Crippen LogP contribution in [-0.4, -0.2) is 51.5 Å². The summed E-state index contributed by atoms with van der Waals surface area (Å²) < 4.78 is 53.2. The summed E-state index contributed by atoms with van der Waals surface area (Å²) in [5.41, 5.74) is -0.881. The van der Waals surface area contributed by atoms with Crippen LogP contribution in [0, 0.1) is 5.82 Å². The third-order valence-electron chi connectivity index (χ3n) is 3.33. The molecule has 0 radical (unpaired) electrons. The highest BCUT2D eigenvalue weighted by Crippen LogP contribution is 2.20. The van der Waals surface area contributed by atoms with Crippen molar-refractivity contribution in [3.63, 3.8) is 0 Å². The maximum atomic E-state index is 13.7. The van der Waals surface area contributed by atoms with Gasteiger partial charge in [-0.15, -0.1) is 5.10 Å². The quantitative estimate of drug-likeness (QED) is 0.638. The van der Waals surface area contributed by atoms with Gasteiger partial charge in [0.25, 0.3) is 0 Å². The average molecular weight is 373 g/mol. The maximum Gasteiger partial charge on any atom is 0.416 e. The van der Waals surface area contributed by atoms with Crippen LogP contribution in [0.25, 0.3) is 5.82 Å². The van der Waals surface area contributed by atoms with Gasteiger partial charge in [-0.05, 0) is 12.1 Å². The van der Waals surface area contributed by atoms with Crippen molar-refractivity contribution in [1.29, 1.82) is 0 Å². The Morgan fingerprint density at radius 2 is 2.00 bits per heavy atom. The molecular weight excluding hydrogens is 362 g/mol. The number of rotatable bonds is 5. The fourth-order valence-corrected chi connectivity index (χ4v) is 2.05. The van der Waals surface area contributed by atoms with Gasteiger partial charge in [0.1, 0.15) is 19.2 Å². The number of hydrogen-bond donors (Lipinski definition) is 1. The van der Waals surface area contributed by atoms with Crippen LogP contribution in [0.4, 0.5) is 17.6 Å². The highest BCUT2D eigenvalue weighted by atomic mass is 19.4. The zero-order valence-corrected chi connectivity index (χ0v) is 12.9. The van der Waals surface area contributed by atoms with Crippen LogP contribution >= 0.6 is 0 Å². The van der Waals surface area contributed by atoms with Crippen molar-refractivity contribution in [3.8, 4) is 5.82 Å². The molecule has 13 heteroatoms. The first-order valence-electron chi connectivity index (χ1n) is 7.14. The summed E-state index contributed by atoms with van der Waals surface area (Å²) in [6, 6.07) is 2.58. The summed E-state index contributed by atoms with van der Waals surface area (Å²) >= 11 is 0. The molecule has 0 aliphatic rings. The summed E-state index contributed by atoms with van der Waals surface area (Å²) in [6.07, 6.45) is -4.14. The average Bonchev–Trinajstić information content (AvgIpc) is 3.16. The smallest absolute Gasteiger partial charge is 0.382 e. The van der Waals surface area contributed by atoms with E-state index < -0.39 is 30.3 Å². The van der Waals surface area contributed by atoms with Crippen molar-refractivity contribution in [3.05, 3.63) is 53.1 Å². The van der Waals surface area contributed by atoms with E-state index in [0.29, 0.717) is 4.57 Å². The van der Waals surface area contributed by atoms with Gasteiger partial charge in [0, 0.05) is 6.20 Å². The molecule has 138 valence electrons. The van der Waals surface area contributed by atoms with Gasteiger partial charge in [-0.2, -0.15) is 23.0 Å². The van der Waals surface area contributed by atoms with Crippen molar-refractivity contribution in [2.24, 2.45) is 0 Å². The van der Waals surface area contributed by atoms with Crippen molar-refractivity contribution in [1.82, 2.24) is 34.1 Å². The molecule has 3 aromatic heterocycles. The SMILES string of the molecule is O=c1n(C[C@H](O)C(F)(F)F)cnn1Cc1ncn(-c2ncccc2F)n1. The van der Waals surface area contributed by atoms with Gasteiger partial charge in [-0.1, -0.05) is 0 Å². The van der Waals surface area contributed by atoms with Crippen LogP contribution in [-0.2, 0) is 13.1 Å². The van der Waals surface area contributed by atoms with Gasteiger partial charge in [-0.3, -0.25) is 4.57 Å². The second kappa shape index (κ2) is 6.67. The number of hydrogen-bond acceptors (Lipinski definition) is 6. The predicted octanol–water partition coefficient (Wildman–Crippen LogP) is 0.131. The van der Waals surface area contributed by atoms with E-state index in [0.717, 1.165) is 15.7 Å². The molecule has 1 atom stereocenters. The zero-order chi connectivity index (χ0) is 18.9. The van der Waals surface area contributed by atoms with Crippen molar-refractivity contribution in [2.75, 3.05) is 0 Å². The highest BCUT2D eigenvalue weighted by molar-refractivity contribution is 5.21. The molecule has 0 aliphatic carbocycles. The Balaban J connectivity index is 1.77. The molecule has 0 aliphatic heterocycles. The Labute approximate surface area is 142 Å². The van der Waals surface area contributed by atoms with E-state index in [2.05, 4.69) is 20.2 Å². The van der Waals surface area contributed by atoms with E-state index in [1.807, 2.05) is 0 Å². The minimum Gasteiger partial charge on any atom is -0.382 e. The summed E-state index contributed by atoms with van der Waals surface area (Å²) in [6.45, 7) is -1.24. The first-order valence-corrected chi connectivity index (χ1v) is 7.14. The standard InChI is InChI=1S/C13H11F4N7O2/c14-8-2-1-3-18-11(8)24-6-19-10(21-24)5-23-12(26)22(7-20-23)4-9(25)13(15,16)17/h1-3,6-7,9,25H,4-5H2/t9-/m0/s1. The van der Waals surface area contributed by atoms with Gasteiger partial charge in [-0.25, -0.2) is 23.8 Å². The third kappa shape index (κ3) is 3.61. The van der Waals surface area contributed by atoms with Crippen molar-refractivity contribution < 1.29 is 22.7 Å². The van der Waals surface area contributed by atoms with Gasteiger partial charge < -0.3 is 5.11 Å². The fraction of sp³-hybridized carbons (Fsp3) is 0.308. The van der Waals surface area contributed by atoms with Crippen LogP contribution in [0.1, 0.15) is 5.82 Å². The Morgan fingerprint density at radius 1 is 1.23 bits per heavy atom. The Morgan fingerprint density at radius 3 is 2.69 bits per heavy atom. The zero-order valence-electron chi connectivity index (χ0n) is 12.9. The molecule has 0 spiro atoms. The van der Waals surface area contributed by atoms with E-state index in [-0.39, 0.29) is 18.2 Å². The fourth-order valence-electron chi connectivity index (χ4n) is 2.05. The number of aromatic nitrogens is 7. The minimum atomic E-state index is -4.85. The van der Waals surface area contributed by atoms with Crippen LogP contribution in [0.5, 0.6) is 0 Å². The molecule has 9 nitrogen and oxygen atoms in total. The summed E-state index contributed by atoms with van der Waals surface area (Å²) in [4.78, 5) is 19.7. The molecule has 0 unspecified atom stereocenters. The Kier molecular flexibility index (Phi) is 4.54. The van der Waals surface area contributed by atoms with E-state index in [1.165, 1.54) is 24.7 Å². The van der Waals surface area contributed by atoms with E-state index in [4.69, 9.17) is 5.11 Å². The second-order valence-electron chi connectivity index (χ2n) is 5.20. The molecule has 3 aromatic rings. The summed E-state index contributed by atoms with van der Waals surface area (Å²) in [7, 11) is 0. The van der Waals surface area contributed by atoms with E-state index >= 15 is 0 Å². The molecule has 0 saturated heterocycles. The number of aliphatic hydroxyl groups excluding tert-OH is 1. The molecule has 3 rings (SSSR count). The number of halogens is 4. The van der Waals surface area contributed by atoms with E-state index in [9.17, 15) is 22.4 Å². The minimum absolute atomic E-state index is 0.0683. The van der Waals surface area contributed by atoms with Crippen molar-refractivity contribution >= 4 is 0 Å². The van der Waals surface area contributed by atoms with Gasteiger partial charge in [0.15, 0.2) is 23.6 Å². The largest absolute Gasteiger partial charge is 0.416 e. The molecule has 26 heavy (non-hydrogen) atoms. The Bertz CT molecular complexity index is 962. The van der Waals surface area contributed by atoms with Crippen molar-refractivity contribution in [2.45, 2.75) is 25.4 Å². The molecule has 0 aromatic carbocycles. The van der Waals surface area contributed by atoms with Crippen LogP contribution in [0.2, 0.25) is 0 Å². The topological polar surface area (TPSA) is 104 Å². The maximum absolute atomic E-state index is 13.7. The lowest BCUT2D eigenvalue weighted by Crippen LogP contribution is -2.36. The normalized spacial score (nSPS) is 13.1. The van der Waals surface area contributed by atoms with Crippen LogP contribution in [0.3, 0.4) is 0 Å². The summed E-state index contributed by atoms with van der Waals surface area (Å²) in [5, 5.41) is 16.6. The lowest BCUT2D eigenvalue weighted by molar-refractivity contribution is -0.207. The molecule has 0 saturated carbocycles. The molecule has 1 N–H and O–H groups in total. The lowest BCUT2D eigenvalue weighted by Gasteiger charge is -2.13. The monoisotopic (exact) mass is 373 g/mol. The first-order chi connectivity index (χ1) is 12.3. The van der Waals surface area contributed by atoms with Gasteiger partial charge in [0.05, 0.1) is 6.54 Å².